The van der Waals surface area contributed by atoms with Crippen LogP contribution in [0.25, 0.3) is 0 Å². The number of benzene rings is 1. The van der Waals surface area contributed by atoms with Crippen LogP contribution in [-0.2, 0) is 15.8 Å². The van der Waals surface area contributed by atoms with Gasteiger partial charge in [-0.25, -0.2) is 17.9 Å². The van der Waals surface area contributed by atoms with E-state index < -0.39 is 16.0 Å². The van der Waals surface area contributed by atoms with E-state index in [4.69, 9.17) is 5.11 Å². The lowest BCUT2D eigenvalue weighted by atomic mass is 9.93. The van der Waals surface area contributed by atoms with Crippen molar-refractivity contribution in [1.29, 1.82) is 0 Å². The standard InChI is InChI=1S/C14H21NO4S/c1-14(2,3)7-8-15-20(18,19)10-11-5-4-6-12(9-11)13(16)17/h4-6,9,15H,7-8,10H2,1-3H3,(H,16,17). The maximum atomic E-state index is 11.9. The molecule has 0 heterocycles. The van der Waals surface area contributed by atoms with Crippen molar-refractivity contribution < 1.29 is 18.3 Å². The largest absolute Gasteiger partial charge is 0.478 e. The zero-order chi connectivity index (χ0) is 15.4. The fraction of sp³-hybridized carbons (Fsp3) is 0.500. The summed E-state index contributed by atoms with van der Waals surface area (Å²) in [5, 5.41) is 8.87. The van der Waals surface area contributed by atoms with Crippen LogP contribution in [0, 0.1) is 5.41 Å². The van der Waals surface area contributed by atoms with Gasteiger partial charge in [0.25, 0.3) is 0 Å². The van der Waals surface area contributed by atoms with Gasteiger partial charge < -0.3 is 5.11 Å². The van der Waals surface area contributed by atoms with Gasteiger partial charge in [0, 0.05) is 6.54 Å². The highest BCUT2D eigenvalue weighted by Gasteiger charge is 2.15. The third kappa shape index (κ3) is 6.16. The van der Waals surface area contributed by atoms with E-state index in [1.807, 2.05) is 20.8 Å². The Balaban J connectivity index is 2.67. The molecule has 1 aromatic rings. The van der Waals surface area contributed by atoms with Crippen LogP contribution in [0.5, 0.6) is 0 Å². The average Bonchev–Trinajstić information content (AvgIpc) is 2.26. The van der Waals surface area contributed by atoms with Crippen molar-refractivity contribution in [2.24, 2.45) is 5.41 Å². The number of aromatic carboxylic acids is 1. The summed E-state index contributed by atoms with van der Waals surface area (Å²) >= 11 is 0. The Kier molecular flexibility index (Phi) is 5.30. The first-order valence-electron chi connectivity index (χ1n) is 6.39. The molecule has 20 heavy (non-hydrogen) atoms. The summed E-state index contributed by atoms with van der Waals surface area (Å²) in [5.74, 6) is -1.27. The van der Waals surface area contributed by atoms with Crippen molar-refractivity contribution in [2.45, 2.75) is 32.9 Å². The molecule has 2 N–H and O–H groups in total. The first kappa shape index (κ1) is 16.7. The van der Waals surface area contributed by atoms with E-state index in [1.54, 1.807) is 12.1 Å². The van der Waals surface area contributed by atoms with Crippen LogP contribution in [-0.4, -0.2) is 26.0 Å². The second kappa shape index (κ2) is 6.37. The quantitative estimate of drug-likeness (QED) is 0.844. The fourth-order valence-electron chi connectivity index (χ4n) is 1.65. The molecular formula is C14H21NO4S. The molecule has 5 nitrogen and oxygen atoms in total. The molecule has 0 unspecified atom stereocenters. The molecule has 0 aliphatic carbocycles. The Morgan fingerprint density at radius 2 is 1.95 bits per heavy atom. The van der Waals surface area contributed by atoms with Crippen LogP contribution in [0.2, 0.25) is 0 Å². The Hall–Kier alpha value is -1.40. The van der Waals surface area contributed by atoms with Gasteiger partial charge in [0.05, 0.1) is 11.3 Å². The molecule has 0 aromatic heterocycles. The van der Waals surface area contributed by atoms with Gasteiger partial charge >= 0.3 is 5.97 Å². The molecule has 0 fully saturated rings. The number of carbonyl (C=O) groups is 1. The van der Waals surface area contributed by atoms with Crippen molar-refractivity contribution in [2.75, 3.05) is 6.54 Å². The number of nitrogens with one attached hydrogen (secondary N) is 1. The van der Waals surface area contributed by atoms with Crippen LogP contribution in [0.1, 0.15) is 43.1 Å². The van der Waals surface area contributed by atoms with Gasteiger partial charge in [-0.1, -0.05) is 32.9 Å². The lowest BCUT2D eigenvalue weighted by Crippen LogP contribution is -2.28. The molecule has 0 bridgehead atoms. The minimum absolute atomic E-state index is 0.0613. The second-order valence-electron chi connectivity index (χ2n) is 5.97. The van der Waals surface area contributed by atoms with E-state index >= 15 is 0 Å². The molecule has 1 aromatic carbocycles. The summed E-state index contributed by atoms with van der Waals surface area (Å²) in [6.45, 7) is 6.50. The van der Waals surface area contributed by atoms with Gasteiger partial charge in [-0.15, -0.1) is 0 Å². The van der Waals surface area contributed by atoms with E-state index in [-0.39, 0.29) is 16.7 Å². The van der Waals surface area contributed by atoms with Crippen molar-refractivity contribution in [3.63, 3.8) is 0 Å². The molecular weight excluding hydrogens is 278 g/mol. The predicted octanol–water partition coefficient (Wildman–Crippen LogP) is 2.24. The van der Waals surface area contributed by atoms with Gasteiger partial charge in [-0.3, -0.25) is 0 Å². The van der Waals surface area contributed by atoms with Crippen LogP contribution < -0.4 is 4.72 Å². The molecule has 0 spiro atoms. The van der Waals surface area contributed by atoms with Crippen LogP contribution in [0.3, 0.4) is 0 Å². The second-order valence-corrected chi connectivity index (χ2v) is 7.78. The van der Waals surface area contributed by atoms with E-state index in [9.17, 15) is 13.2 Å². The third-order valence-corrected chi connectivity index (χ3v) is 4.08. The number of sulfonamides is 1. The zero-order valence-electron chi connectivity index (χ0n) is 12.0. The molecule has 0 saturated heterocycles. The fourth-order valence-corrected chi connectivity index (χ4v) is 2.78. The monoisotopic (exact) mass is 299 g/mol. The summed E-state index contributed by atoms with van der Waals surface area (Å²) in [6, 6.07) is 5.97. The lowest BCUT2D eigenvalue weighted by molar-refractivity contribution is 0.0696. The molecule has 0 amide bonds. The molecule has 0 saturated carbocycles. The minimum atomic E-state index is -3.44. The number of carboxylic acids is 1. The van der Waals surface area contributed by atoms with E-state index in [2.05, 4.69) is 4.72 Å². The molecule has 0 atom stereocenters. The smallest absolute Gasteiger partial charge is 0.335 e. The minimum Gasteiger partial charge on any atom is -0.478 e. The van der Waals surface area contributed by atoms with E-state index in [1.165, 1.54) is 12.1 Å². The zero-order valence-corrected chi connectivity index (χ0v) is 12.8. The summed E-state index contributed by atoms with van der Waals surface area (Å²) in [6.07, 6.45) is 0.737. The molecule has 0 aliphatic heterocycles. The number of rotatable bonds is 6. The molecule has 1 rings (SSSR count). The molecule has 6 heteroatoms. The van der Waals surface area contributed by atoms with E-state index in [0.29, 0.717) is 12.1 Å². The van der Waals surface area contributed by atoms with Crippen LogP contribution in [0.4, 0.5) is 0 Å². The first-order valence-corrected chi connectivity index (χ1v) is 8.04. The summed E-state index contributed by atoms with van der Waals surface area (Å²) < 4.78 is 26.4. The number of carboxylic acid groups (broad SMARTS) is 1. The third-order valence-electron chi connectivity index (χ3n) is 2.73. The number of hydrogen-bond donors (Lipinski definition) is 2. The Morgan fingerprint density at radius 1 is 1.30 bits per heavy atom. The van der Waals surface area contributed by atoms with E-state index in [0.717, 1.165) is 6.42 Å². The summed E-state index contributed by atoms with van der Waals surface area (Å²) in [7, 11) is -3.44. The van der Waals surface area contributed by atoms with Gasteiger partial charge in [-0.05, 0) is 29.5 Å². The lowest BCUT2D eigenvalue weighted by Gasteiger charge is -2.18. The maximum Gasteiger partial charge on any atom is 0.335 e. The van der Waals surface area contributed by atoms with Gasteiger partial charge in [0.15, 0.2) is 0 Å². The summed E-state index contributed by atoms with van der Waals surface area (Å²) in [5.41, 5.74) is 0.617. The Labute approximate surface area is 120 Å². The predicted molar refractivity (Wildman–Crippen MR) is 78.1 cm³/mol. The van der Waals surface area contributed by atoms with Crippen molar-refractivity contribution in [1.82, 2.24) is 4.72 Å². The Morgan fingerprint density at radius 3 is 2.50 bits per heavy atom. The highest BCUT2D eigenvalue weighted by atomic mass is 32.2. The van der Waals surface area contributed by atoms with Crippen molar-refractivity contribution >= 4 is 16.0 Å². The maximum absolute atomic E-state index is 11.9. The molecule has 0 radical (unpaired) electrons. The van der Waals surface area contributed by atoms with Crippen molar-refractivity contribution in [3.05, 3.63) is 35.4 Å². The average molecular weight is 299 g/mol. The molecule has 0 aliphatic rings. The Bertz CT molecular complexity index is 573. The van der Waals surface area contributed by atoms with Gasteiger partial charge in [-0.2, -0.15) is 0 Å². The number of hydrogen-bond acceptors (Lipinski definition) is 3. The van der Waals surface area contributed by atoms with Gasteiger partial charge in [0.1, 0.15) is 0 Å². The topological polar surface area (TPSA) is 83.5 Å². The normalized spacial score (nSPS) is 12.3. The SMILES string of the molecule is CC(C)(C)CCNS(=O)(=O)Cc1cccc(C(=O)O)c1. The highest BCUT2D eigenvalue weighted by molar-refractivity contribution is 7.88. The van der Waals surface area contributed by atoms with Crippen LogP contribution >= 0.6 is 0 Å². The summed E-state index contributed by atoms with van der Waals surface area (Å²) in [4.78, 5) is 10.8. The highest BCUT2D eigenvalue weighted by Crippen LogP contribution is 2.17. The first-order chi connectivity index (χ1) is 9.09. The van der Waals surface area contributed by atoms with Gasteiger partial charge in [0.2, 0.25) is 10.0 Å². The molecule has 112 valence electrons. The van der Waals surface area contributed by atoms with Crippen molar-refractivity contribution in [3.8, 4) is 0 Å². The van der Waals surface area contributed by atoms with Crippen LogP contribution in [0.15, 0.2) is 24.3 Å².